The first kappa shape index (κ1) is 32.5. The average Bonchev–Trinajstić information content (AvgIpc) is 3.12. The summed E-state index contributed by atoms with van der Waals surface area (Å²) in [5.74, 6) is -0.622. The number of benzene rings is 5. The minimum Gasteiger partial charge on any atom is -0.453 e. The van der Waals surface area contributed by atoms with Crippen LogP contribution in [-0.2, 0) is 38.8 Å². The fourth-order valence-electron chi connectivity index (χ4n) is 5.04. The molecule has 0 aliphatic rings. The second kappa shape index (κ2) is 17.6. The monoisotopic (exact) mass is 614 g/mol. The van der Waals surface area contributed by atoms with Crippen molar-refractivity contribution in [3.8, 4) is 0 Å². The summed E-state index contributed by atoms with van der Waals surface area (Å²) in [4.78, 5) is 27.1. The highest BCUT2D eigenvalue weighted by atomic mass is 16.6. The smallest absolute Gasteiger partial charge is 0.338 e. The molecule has 0 heterocycles. The van der Waals surface area contributed by atoms with E-state index in [0.29, 0.717) is 17.7 Å². The first-order chi connectivity index (χ1) is 22.7. The molecule has 3 atom stereocenters. The van der Waals surface area contributed by atoms with E-state index in [1.807, 2.05) is 115 Å². The van der Waals surface area contributed by atoms with Crippen LogP contribution in [0.1, 0.15) is 43.8 Å². The van der Waals surface area contributed by atoms with Crippen molar-refractivity contribution in [1.29, 1.82) is 0 Å². The van der Waals surface area contributed by atoms with Crippen LogP contribution in [0, 0.1) is 0 Å². The summed E-state index contributed by atoms with van der Waals surface area (Å²) in [5.41, 5.74) is 3.82. The molecule has 5 aromatic rings. The lowest BCUT2D eigenvalue weighted by atomic mass is 9.98. The van der Waals surface area contributed by atoms with Crippen LogP contribution in [0.4, 0.5) is 0 Å². The molecular formula is C40H38O6. The Hall–Kier alpha value is -4.88. The summed E-state index contributed by atoms with van der Waals surface area (Å²) in [6.07, 6.45) is -2.51. The summed E-state index contributed by atoms with van der Waals surface area (Å²) in [7, 11) is 0. The van der Waals surface area contributed by atoms with Gasteiger partial charge in [-0.25, -0.2) is 4.79 Å². The second-order valence-electron chi connectivity index (χ2n) is 10.9. The zero-order valence-corrected chi connectivity index (χ0v) is 25.7. The maximum atomic E-state index is 13.6. The van der Waals surface area contributed by atoms with Gasteiger partial charge >= 0.3 is 5.97 Å². The Balaban J connectivity index is 1.47. The number of rotatable bonds is 17. The molecule has 0 bridgehead atoms. The molecule has 0 amide bonds. The van der Waals surface area contributed by atoms with Crippen LogP contribution in [0.2, 0.25) is 0 Å². The van der Waals surface area contributed by atoms with Crippen molar-refractivity contribution in [3.05, 3.63) is 179 Å². The van der Waals surface area contributed by atoms with Crippen molar-refractivity contribution in [1.82, 2.24) is 0 Å². The largest absolute Gasteiger partial charge is 0.453 e. The molecule has 0 aliphatic heterocycles. The highest BCUT2D eigenvalue weighted by Crippen LogP contribution is 2.23. The van der Waals surface area contributed by atoms with Crippen molar-refractivity contribution < 1.29 is 28.5 Å². The molecule has 234 valence electrons. The zero-order chi connectivity index (χ0) is 31.8. The molecule has 0 radical (unpaired) electrons. The first-order valence-electron chi connectivity index (χ1n) is 15.4. The van der Waals surface area contributed by atoms with E-state index in [2.05, 4.69) is 0 Å². The number of hydrogen-bond donors (Lipinski definition) is 0. The van der Waals surface area contributed by atoms with Gasteiger partial charge < -0.3 is 18.9 Å². The molecule has 6 heteroatoms. The molecular weight excluding hydrogens is 576 g/mol. The lowest BCUT2D eigenvalue weighted by Crippen LogP contribution is -2.46. The average molecular weight is 615 g/mol. The fraction of sp³-hybridized carbons (Fsp3) is 0.200. The number of ketones is 1. The Kier molecular flexibility index (Phi) is 12.4. The van der Waals surface area contributed by atoms with E-state index in [1.165, 1.54) is 0 Å². The van der Waals surface area contributed by atoms with Gasteiger partial charge in [0.1, 0.15) is 6.10 Å². The number of carbonyl (C=O) groups excluding carboxylic acids is 2. The normalized spacial score (nSPS) is 13.0. The molecule has 0 aromatic heterocycles. The molecule has 0 saturated carbocycles. The van der Waals surface area contributed by atoms with Crippen LogP contribution in [-0.4, -0.2) is 36.7 Å². The lowest BCUT2D eigenvalue weighted by molar-refractivity contribution is -0.148. The Morgan fingerprint density at radius 3 is 1.43 bits per heavy atom. The van der Waals surface area contributed by atoms with Gasteiger partial charge in [-0.3, -0.25) is 4.79 Å². The highest BCUT2D eigenvalue weighted by Gasteiger charge is 2.36. The minimum absolute atomic E-state index is 0.00831. The first-order valence-corrected chi connectivity index (χ1v) is 15.4. The van der Waals surface area contributed by atoms with Crippen LogP contribution in [0.3, 0.4) is 0 Å². The molecule has 0 fully saturated rings. The van der Waals surface area contributed by atoms with Crippen molar-refractivity contribution in [2.45, 2.75) is 44.6 Å². The standard InChI is InChI=1S/C40H38O6/c41-36(34-22-12-4-13-23-34)26-37(44-28-32-18-8-2-9-19-32)39(45-29-33-20-10-3-11-21-33)38(30-43-27-31-16-6-1-7-17-31)46-40(42)35-24-14-5-15-25-35/h1-25,37-39H,26-30H2/t37-,38+,39+/m0/s1. The highest BCUT2D eigenvalue weighted by molar-refractivity contribution is 5.96. The molecule has 0 N–H and O–H groups in total. The molecule has 5 rings (SSSR count). The SMILES string of the molecule is O=C(C[C@H](OCc1ccccc1)[C@@H](OCc1ccccc1)[C@@H](COCc1ccccc1)OC(=O)c1ccccc1)c1ccccc1. The van der Waals surface area contributed by atoms with Crippen molar-refractivity contribution >= 4 is 11.8 Å². The molecule has 46 heavy (non-hydrogen) atoms. The number of ether oxygens (including phenoxy) is 4. The third kappa shape index (κ3) is 10.1. The Labute approximate surface area is 270 Å². The van der Waals surface area contributed by atoms with E-state index in [9.17, 15) is 9.59 Å². The van der Waals surface area contributed by atoms with E-state index in [-0.39, 0.29) is 32.0 Å². The van der Waals surface area contributed by atoms with Crippen LogP contribution in [0.25, 0.3) is 0 Å². The van der Waals surface area contributed by atoms with Gasteiger partial charge in [0, 0.05) is 12.0 Å². The van der Waals surface area contributed by atoms with Crippen LogP contribution < -0.4 is 0 Å². The van der Waals surface area contributed by atoms with E-state index in [4.69, 9.17) is 18.9 Å². The van der Waals surface area contributed by atoms with Gasteiger partial charge in [-0.1, -0.05) is 140 Å². The van der Waals surface area contributed by atoms with Gasteiger partial charge in [-0.05, 0) is 28.8 Å². The van der Waals surface area contributed by atoms with Crippen LogP contribution >= 0.6 is 0 Å². The zero-order valence-electron chi connectivity index (χ0n) is 25.7. The molecule has 0 saturated heterocycles. The number of carbonyl (C=O) groups is 2. The van der Waals surface area contributed by atoms with Gasteiger partial charge in [-0.15, -0.1) is 0 Å². The van der Waals surface area contributed by atoms with Crippen LogP contribution in [0.15, 0.2) is 152 Å². The van der Waals surface area contributed by atoms with Gasteiger partial charge in [0.2, 0.25) is 0 Å². The minimum atomic E-state index is -0.899. The van der Waals surface area contributed by atoms with E-state index in [1.54, 1.807) is 36.4 Å². The third-order valence-electron chi connectivity index (χ3n) is 7.47. The summed E-state index contributed by atoms with van der Waals surface area (Å²) < 4.78 is 25.4. The quantitative estimate of drug-likeness (QED) is 0.0784. The molecule has 0 aliphatic carbocycles. The van der Waals surface area contributed by atoms with Gasteiger partial charge in [0.25, 0.3) is 0 Å². The number of Topliss-reactive ketones (excluding diaryl/α,β-unsaturated/α-hetero) is 1. The van der Waals surface area contributed by atoms with Crippen LogP contribution in [0.5, 0.6) is 0 Å². The maximum absolute atomic E-state index is 13.6. The predicted molar refractivity (Wildman–Crippen MR) is 177 cm³/mol. The number of esters is 1. The second-order valence-corrected chi connectivity index (χ2v) is 10.9. The van der Waals surface area contributed by atoms with E-state index < -0.39 is 24.3 Å². The summed E-state index contributed by atoms with van der Waals surface area (Å²) >= 11 is 0. The molecule has 0 unspecified atom stereocenters. The number of hydrogen-bond acceptors (Lipinski definition) is 6. The third-order valence-corrected chi connectivity index (χ3v) is 7.47. The summed E-state index contributed by atoms with van der Waals surface area (Å²) in [5, 5.41) is 0. The Morgan fingerprint density at radius 1 is 0.478 bits per heavy atom. The topological polar surface area (TPSA) is 71.1 Å². The molecule has 0 spiro atoms. The van der Waals surface area contributed by atoms with Crippen molar-refractivity contribution in [2.75, 3.05) is 6.61 Å². The van der Waals surface area contributed by atoms with Gasteiger partial charge in [0.05, 0.1) is 38.1 Å². The molecule has 5 aromatic carbocycles. The van der Waals surface area contributed by atoms with E-state index >= 15 is 0 Å². The Morgan fingerprint density at radius 2 is 0.913 bits per heavy atom. The molecule has 6 nitrogen and oxygen atoms in total. The van der Waals surface area contributed by atoms with Crippen molar-refractivity contribution in [2.24, 2.45) is 0 Å². The predicted octanol–water partition coefficient (Wildman–Crippen LogP) is 7.87. The van der Waals surface area contributed by atoms with Gasteiger partial charge in [-0.2, -0.15) is 0 Å². The van der Waals surface area contributed by atoms with Crippen molar-refractivity contribution in [3.63, 3.8) is 0 Å². The summed E-state index contributed by atoms with van der Waals surface area (Å²) in [6.45, 7) is 0.791. The lowest BCUT2D eigenvalue weighted by Gasteiger charge is -2.33. The fourth-order valence-corrected chi connectivity index (χ4v) is 5.04. The van der Waals surface area contributed by atoms with Gasteiger partial charge in [0.15, 0.2) is 11.9 Å². The summed E-state index contributed by atoms with van der Waals surface area (Å²) in [6, 6.07) is 47.2. The van der Waals surface area contributed by atoms with E-state index in [0.717, 1.165) is 16.7 Å². The maximum Gasteiger partial charge on any atom is 0.338 e. The Bertz CT molecular complexity index is 1600.